The Labute approximate surface area is 86.1 Å². The summed E-state index contributed by atoms with van der Waals surface area (Å²) in [6, 6.07) is 0. The first kappa shape index (κ1) is 11.4. The molecule has 2 heteroatoms. The van der Waals surface area contributed by atoms with Gasteiger partial charge >= 0.3 is 0 Å². The maximum Gasteiger partial charge on any atom is 0.132 e. The van der Waals surface area contributed by atoms with Crippen molar-refractivity contribution in [3.8, 4) is 0 Å². The third kappa shape index (κ3) is 5.15. The van der Waals surface area contributed by atoms with E-state index in [1.54, 1.807) is 0 Å². The van der Waals surface area contributed by atoms with Gasteiger partial charge in [-0.2, -0.15) is 0 Å². The maximum absolute atomic E-state index is 11.3. The lowest BCUT2D eigenvalue weighted by atomic mass is 10.00. The van der Waals surface area contributed by atoms with Gasteiger partial charge in [0, 0.05) is 25.7 Å². The summed E-state index contributed by atoms with van der Waals surface area (Å²) in [5, 5.41) is 0. The van der Waals surface area contributed by atoms with Crippen molar-refractivity contribution < 1.29 is 9.59 Å². The van der Waals surface area contributed by atoms with Gasteiger partial charge in [0.15, 0.2) is 0 Å². The zero-order chi connectivity index (χ0) is 10.2. The molecule has 0 bridgehead atoms. The lowest BCUT2D eigenvalue weighted by Crippen LogP contribution is -2.03. The van der Waals surface area contributed by atoms with Crippen molar-refractivity contribution in [1.29, 1.82) is 0 Å². The molecule has 1 aliphatic carbocycles. The predicted molar refractivity (Wildman–Crippen MR) is 56.2 cm³/mol. The number of carbonyl (C=O) groups excluding carboxylic acids is 2. The van der Waals surface area contributed by atoms with Gasteiger partial charge in [-0.05, 0) is 19.3 Å². The summed E-state index contributed by atoms with van der Waals surface area (Å²) in [5.74, 6) is 0.691. The van der Waals surface area contributed by atoms with Crippen molar-refractivity contribution in [2.75, 3.05) is 0 Å². The molecule has 1 saturated carbocycles. The second kappa shape index (κ2) is 6.74. The maximum atomic E-state index is 11.3. The summed E-state index contributed by atoms with van der Waals surface area (Å²) in [7, 11) is 0. The van der Waals surface area contributed by atoms with Crippen LogP contribution in [0, 0.1) is 0 Å². The molecule has 1 fully saturated rings. The Morgan fingerprint density at radius 2 is 0.857 bits per heavy atom. The molecule has 0 N–H and O–H groups in total. The Morgan fingerprint density at radius 3 is 1.36 bits per heavy atom. The molecule has 2 nitrogen and oxygen atoms in total. The standard InChI is InChI=1S/C12H20O2/c13-11-7-4-2-1-3-5-8-12(14)10-6-9-11/h1-10H2. The molecule has 0 amide bonds. The molecule has 14 heavy (non-hydrogen) atoms. The molecule has 1 aliphatic rings. The van der Waals surface area contributed by atoms with Gasteiger partial charge in [0.25, 0.3) is 0 Å². The van der Waals surface area contributed by atoms with Crippen LogP contribution in [0.2, 0.25) is 0 Å². The van der Waals surface area contributed by atoms with Crippen LogP contribution in [-0.4, -0.2) is 11.6 Å². The van der Waals surface area contributed by atoms with Crippen molar-refractivity contribution >= 4 is 11.6 Å². The minimum absolute atomic E-state index is 0.346. The fourth-order valence-corrected chi connectivity index (χ4v) is 1.91. The van der Waals surface area contributed by atoms with Crippen LogP contribution >= 0.6 is 0 Å². The smallest absolute Gasteiger partial charge is 0.132 e. The quantitative estimate of drug-likeness (QED) is 0.596. The van der Waals surface area contributed by atoms with Crippen molar-refractivity contribution in [3.05, 3.63) is 0 Å². The van der Waals surface area contributed by atoms with E-state index in [9.17, 15) is 9.59 Å². The molecular weight excluding hydrogens is 176 g/mol. The molecule has 0 radical (unpaired) electrons. The van der Waals surface area contributed by atoms with Gasteiger partial charge in [-0.3, -0.25) is 9.59 Å². The van der Waals surface area contributed by atoms with Crippen molar-refractivity contribution in [1.82, 2.24) is 0 Å². The predicted octanol–water partition coefficient (Wildman–Crippen LogP) is 3.04. The van der Waals surface area contributed by atoms with Gasteiger partial charge in [0.2, 0.25) is 0 Å². The Kier molecular flexibility index (Phi) is 5.50. The summed E-state index contributed by atoms with van der Waals surface area (Å²) >= 11 is 0. The van der Waals surface area contributed by atoms with Gasteiger partial charge in [-0.25, -0.2) is 0 Å². The third-order valence-corrected chi connectivity index (χ3v) is 2.82. The van der Waals surface area contributed by atoms with Crippen LogP contribution in [0.25, 0.3) is 0 Å². The summed E-state index contributed by atoms with van der Waals surface area (Å²) in [5.41, 5.74) is 0. The number of carbonyl (C=O) groups is 2. The normalized spacial score (nSPS) is 22.6. The molecule has 0 atom stereocenters. The lowest BCUT2D eigenvalue weighted by Gasteiger charge is -2.05. The molecular formula is C12H20O2. The summed E-state index contributed by atoms with van der Waals surface area (Å²) in [6.07, 6.45) is 9.05. The molecule has 0 aromatic rings. The monoisotopic (exact) mass is 196 g/mol. The number of Topliss-reactive ketones (excluding diaryl/α,β-unsaturated/α-hetero) is 2. The van der Waals surface area contributed by atoms with Crippen LogP contribution in [-0.2, 0) is 9.59 Å². The molecule has 0 saturated heterocycles. The number of rotatable bonds is 0. The second-order valence-electron chi connectivity index (χ2n) is 4.20. The van der Waals surface area contributed by atoms with E-state index in [4.69, 9.17) is 0 Å². The van der Waals surface area contributed by atoms with E-state index in [0.717, 1.165) is 44.9 Å². The first-order valence-corrected chi connectivity index (χ1v) is 5.82. The highest BCUT2D eigenvalue weighted by Gasteiger charge is 2.07. The van der Waals surface area contributed by atoms with Crippen LogP contribution < -0.4 is 0 Å². The van der Waals surface area contributed by atoms with Crippen molar-refractivity contribution in [2.24, 2.45) is 0 Å². The Bertz CT molecular complexity index is 176. The fraction of sp³-hybridized carbons (Fsp3) is 0.833. The average molecular weight is 196 g/mol. The highest BCUT2D eigenvalue weighted by Crippen LogP contribution is 2.12. The highest BCUT2D eigenvalue weighted by molar-refractivity contribution is 5.81. The van der Waals surface area contributed by atoms with E-state index >= 15 is 0 Å². The zero-order valence-corrected chi connectivity index (χ0v) is 8.89. The molecule has 0 heterocycles. The Balaban J connectivity index is 2.28. The summed E-state index contributed by atoms with van der Waals surface area (Å²) in [6.45, 7) is 0. The van der Waals surface area contributed by atoms with E-state index in [1.807, 2.05) is 0 Å². The van der Waals surface area contributed by atoms with Crippen molar-refractivity contribution in [2.45, 2.75) is 64.2 Å². The summed E-state index contributed by atoms with van der Waals surface area (Å²) in [4.78, 5) is 22.6. The van der Waals surface area contributed by atoms with E-state index in [2.05, 4.69) is 0 Å². The number of hydrogen-bond donors (Lipinski definition) is 0. The first-order chi connectivity index (χ1) is 6.79. The molecule has 0 aliphatic heterocycles. The highest BCUT2D eigenvalue weighted by atomic mass is 16.1. The molecule has 0 aromatic carbocycles. The van der Waals surface area contributed by atoms with Gasteiger partial charge in [0.05, 0.1) is 0 Å². The van der Waals surface area contributed by atoms with Gasteiger partial charge in [-0.15, -0.1) is 0 Å². The molecule has 0 aromatic heterocycles. The third-order valence-electron chi connectivity index (χ3n) is 2.82. The largest absolute Gasteiger partial charge is 0.300 e. The zero-order valence-electron chi connectivity index (χ0n) is 8.89. The van der Waals surface area contributed by atoms with Crippen LogP contribution in [0.1, 0.15) is 64.2 Å². The lowest BCUT2D eigenvalue weighted by molar-refractivity contribution is -0.120. The minimum Gasteiger partial charge on any atom is -0.300 e. The number of hydrogen-bond acceptors (Lipinski definition) is 2. The van der Waals surface area contributed by atoms with Crippen LogP contribution in [0.15, 0.2) is 0 Å². The number of ketones is 2. The average Bonchev–Trinajstić information content (AvgIpc) is 2.14. The molecule has 1 rings (SSSR count). The first-order valence-electron chi connectivity index (χ1n) is 5.82. The van der Waals surface area contributed by atoms with Crippen LogP contribution in [0.5, 0.6) is 0 Å². The van der Waals surface area contributed by atoms with E-state index in [0.29, 0.717) is 24.4 Å². The van der Waals surface area contributed by atoms with Crippen LogP contribution in [0.3, 0.4) is 0 Å². The van der Waals surface area contributed by atoms with Gasteiger partial charge in [0.1, 0.15) is 11.6 Å². The second-order valence-corrected chi connectivity index (χ2v) is 4.20. The van der Waals surface area contributed by atoms with E-state index in [-0.39, 0.29) is 0 Å². The fourth-order valence-electron chi connectivity index (χ4n) is 1.91. The van der Waals surface area contributed by atoms with Crippen LogP contribution in [0.4, 0.5) is 0 Å². The van der Waals surface area contributed by atoms with E-state index < -0.39 is 0 Å². The minimum atomic E-state index is 0.346. The Morgan fingerprint density at radius 1 is 0.500 bits per heavy atom. The molecule has 80 valence electrons. The van der Waals surface area contributed by atoms with Gasteiger partial charge < -0.3 is 0 Å². The molecule has 0 unspecified atom stereocenters. The topological polar surface area (TPSA) is 34.1 Å². The Hall–Kier alpha value is -0.660. The molecule has 0 spiro atoms. The summed E-state index contributed by atoms with van der Waals surface area (Å²) < 4.78 is 0. The van der Waals surface area contributed by atoms with Gasteiger partial charge in [-0.1, -0.05) is 19.3 Å². The van der Waals surface area contributed by atoms with E-state index in [1.165, 1.54) is 6.42 Å². The van der Waals surface area contributed by atoms with Crippen molar-refractivity contribution in [3.63, 3.8) is 0 Å². The SMILES string of the molecule is O=C1CCCCCCCC(=O)CCC1.